The Morgan fingerprint density at radius 2 is 2.09 bits per heavy atom. The van der Waals surface area contributed by atoms with E-state index in [9.17, 15) is 13.2 Å². The first kappa shape index (κ1) is 17.4. The first-order valence-electron chi connectivity index (χ1n) is 7.41. The molecule has 1 amide bonds. The minimum atomic E-state index is -3.17. The molecule has 0 aliphatic heterocycles. The van der Waals surface area contributed by atoms with Crippen molar-refractivity contribution in [2.24, 2.45) is 0 Å². The second-order valence-corrected chi connectivity index (χ2v) is 7.64. The van der Waals surface area contributed by atoms with E-state index in [1.807, 2.05) is 35.8 Å². The van der Waals surface area contributed by atoms with Crippen molar-refractivity contribution < 1.29 is 13.2 Å². The molecule has 1 aromatic carbocycles. The molecule has 0 aliphatic rings. The third kappa shape index (κ3) is 4.29. The van der Waals surface area contributed by atoms with Crippen LogP contribution in [-0.4, -0.2) is 54.6 Å². The van der Waals surface area contributed by atoms with Crippen molar-refractivity contribution in [1.82, 2.24) is 19.2 Å². The quantitative estimate of drug-likeness (QED) is 0.763. The minimum Gasteiger partial charge on any atom is -0.354 e. The van der Waals surface area contributed by atoms with Gasteiger partial charge in [0.2, 0.25) is 15.9 Å². The summed E-state index contributed by atoms with van der Waals surface area (Å²) in [5, 5.41) is 2.83. The van der Waals surface area contributed by atoms with Crippen molar-refractivity contribution in [2.45, 2.75) is 19.4 Å². The summed E-state index contributed by atoms with van der Waals surface area (Å²) >= 11 is 0. The van der Waals surface area contributed by atoms with Crippen molar-refractivity contribution in [3.8, 4) is 0 Å². The summed E-state index contributed by atoms with van der Waals surface area (Å²) < 4.78 is 25.6. The number of sulfonamides is 1. The van der Waals surface area contributed by atoms with Crippen LogP contribution in [0.25, 0.3) is 11.0 Å². The van der Waals surface area contributed by atoms with Gasteiger partial charge in [0.05, 0.1) is 23.6 Å². The predicted molar refractivity (Wildman–Crippen MR) is 89.5 cm³/mol. The molecule has 0 unspecified atom stereocenters. The van der Waals surface area contributed by atoms with E-state index >= 15 is 0 Å². The van der Waals surface area contributed by atoms with Gasteiger partial charge in [-0.15, -0.1) is 0 Å². The maximum Gasteiger partial charge on any atom is 0.242 e. The van der Waals surface area contributed by atoms with E-state index < -0.39 is 10.0 Å². The van der Waals surface area contributed by atoms with Gasteiger partial charge in [-0.05, 0) is 25.5 Å². The monoisotopic (exact) mass is 338 g/mol. The highest BCUT2D eigenvalue weighted by Gasteiger charge is 2.17. The molecule has 8 heteroatoms. The number of benzene rings is 1. The fourth-order valence-corrected chi connectivity index (χ4v) is 2.70. The fraction of sp³-hybridized carbons (Fsp3) is 0.467. The molecule has 7 nitrogen and oxygen atoms in total. The molecule has 0 spiro atoms. The number of nitrogens with zero attached hydrogens (tertiary/aromatic N) is 3. The largest absolute Gasteiger partial charge is 0.354 e. The second-order valence-electron chi connectivity index (χ2n) is 5.55. The molecule has 0 aliphatic carbocycles. The Bertz CT molecular complexity index is 785. The molecule has 23 heavy (non-hydrogen) atoms. The van der Waals surface area contributed by atoms with E-state index in [1.165, 1.54) is 11.4 Å². The molecule has 1 aromatic heterocycles. The molecule has 2 aromatic rings. The van der Waals surface area contributed by atoms with Gasteiger partial charge in [0.15, 0.2) is 0 Å². The van der Waals surface area contributed by atoms with Crippen LogP contribution in [-0.2, 0) is 14.8 Å². The zero-order valence-corrected chi connectivity index (χ0v) is 14.4. The van der Waals surface area contributed by atoms with Gasteiger partial charge < -0.3 is 9.88 Å². The normalized spacial score (nSPS) is 13.4. The third-order valence-corrected chi connectivity index (χ3v) is 5.11. The van der Waals surface area contributed by atoms with E-state index in [0.717, 1.165) is 17.3 Å². The van der Waals surface area contributed by atoms with Gasteiger partial charge >= 0.3 is 0 Å². The average Bonchev–Trinajstić information content (AvgIpc) is 2.93. The summed E-state index contributed by atoms with van der Waals surface area (Å²) in [7, 11) is -1.65. The number of rotatable bonds is 7. The molecule has 1 N–H and O–H groups in total. The Hall–Kier alpha value is -1.93. The summed E-state index contributed by atoms with van der Waals surface area (Å²) in [6.45, 7) is 2.61. The Labute approximate surface area is 136 Å². The lowest BCUT2D eigenvalue weighted by molar-refractivity contribution is -0.123. The highest BCUT2D eigenvalue weighted by molar-refractivity contribution is 7.88. The number of nitrogens with one attached hydrogen (secondary N) is 1. The van der Waals surface area contributed by atoms with Crippen LogP contribution in [0, 0.1) is 0 Å². The van der Waals surface area contributed by atoms with Crippen LogP contribution in [0.3, 0.4) is 0 Å². The van der Waals surface area contributed by atoms with Gasteiger partial charge in [0.1, 0.15) is 6.04 Å². The molecule has 0 saturated carbocycles. The van der Waals surface area contributed by atoms with E-state index in [-0.39, 0.29) is 11.9 Å². The van der Waals surface area contributed by atoms with E-state index in [4.69, 9.17) is 0 Å². The zero-order chi connectivity index (χ0) is 17.0. The van der Waals surface area contributed by atoms with Crippen LogP contribution in [0.15, 0.2) is 30.6 Å². The molecule has 0 radical (unpaired) electrons. The molecule has 1 atom stereocenters. The zero-order valence-electron chi connectivity index (χ0n) is 13.6. The summed E-state index contributed by atoms with van der Waals surface area (Å²) in [5.41, 5.74) is 1.76. The summed E-state index contributed by atoms with van der Waals surface area (Å²) in [5.74, 6) is -0.116. The van der Waals surface area contributed by atoms with Gasteiger partial charge in [-0.3, -0.25) is 4.79 Å². The van der Waals surface area contributed by atoms with Crippen LogP contribution in [0.1, 0.15) is 19.4 Å². The minimum absolute atomic E-state index is 0.116. The van der Waals surface area contributed by atoms with Gasteiger partial charge in [-0.1, -0.05) is 12.1 Å². The Kier molecular flexibility index (Phi) is 5.38. The molecule has 0 fully saturated rings. The highest BCUT2D eigenvalue weighted by atomic mass is 32.2. The molecular weight excluding hydrogens is 316 g/mol. The van der Waals surface area contributed by atoms with Crippen LogP contribution in [0.4, 0.5) is 0 Å². The highest BCUT2D eigenvalue weighted by Crippen LogP contribution is 2.17. The first-order chi connectivity index (χ1) is 10.8. The fourth-order valence-electron chi connectivity index (χ4n) is 2.24. The van der Waals surface area contributed by atoms with Crippen molar-refractivity contribution in [3.63, 3.8) is 0 Å². The summed E-state index contributed by atoms with van der Waals surface area (Å²) in [4.78, 5) is 16.5. The molecular formula is C15H22N4O3S. The smallest absolute Gasteiger partial charge is 0.242 e. The van der Waals surface area contributed by atoms with Crippen molar-refractivity contribution in [3.05, 3.63) is 30.6 Å². The number of hydrogen-bond donors (Lipinski definition) is 1. The van der Waals surface area contributed by atoms with Crippen LogP contribution < -0.4 is 5.32 Å². The first-order valence-corrected chi connectivity index (χ1v) is 9.26. The number of fused-ring (bicyclic) bond motifs is 1. The predicted octanol–water partition coefficient (Wildman–Crippen LogP) is 0.995. The van der Waals surface area contributed by atoms with Crippen molar-refractivity contribution in [2.75, 3.05) is 26.4 Å². The van der Waals surface area contributed by atoms with Gasteiger partial charge in [-0.2, -0.15) is 0 Å². The van der Waals surface area contributed by atoms with E-state index in [2.05, 4.69) is 10.3 Å². The lowest BCUT2D eigenvalue weighted by Crippen LogP contribution is -2.34. The molecule has 1 heterocycles. The van der Waals surface area contributed by atoms with Crippen molar-refractivity contribution >= 4 is 27.0 Å². The number of carbonyl (C=O) groups is 1. The maximum absolute atomic E-state index is 12.2. The van der Waals surface area contributed by atoms with E-state index in [1.54, 1.807) is 6.33 Å². The van der Waals surface area contributed by atoms with Crippen molar-refractivity contribution in [1.29, 1.82) is 0 Å². The molecule has 126 valence electrons. The van der Waals surface area contributed by atoms with Gasteiger partial charge in [-0.25, -0.2) is 17.7 Å². The molecule has 2 rings (SSSR count). The summed E-state index contributed by atoms with van der Waals surface area (Å²) in [6.07, 6.45) is 3.39. The standard InChI is InChI=1S/C15H22N4O3S/c1-12(19-11-17-13-7-4-5-8-14(13)19)15(20)16-9-6-10-18(2)23(3,21)22/h4-5,7-8,11-12H,6,9-10H2,1-3H3,(H,16,20)/t12-/m1/s1. The van der Waals surface area contributed by atoms with Gasteiger partial charge in [0, 0.05) is 20.1 Å². The number of para-hydroxylation sites is 2. The van der Waals surface area contributed by atoms with Crippen LogP contribution in [0.2, 0.25) is 0 Å². The maximum atomic E-state index is 12.2. The number of amides is 1. The Morgan fingerprint density at radius 1 is 1.39 bits per heavy atom. The van der Waals surface area contributed by atoms with E-state index in [0.29, 0.717) is 19.5 Å². The average molecular weight is 338 g/mol. The SMILES string of the molecule is C[C@H](C(=O)NCCCN(C)S(C)(=O)=O)n1cnc2ccccc21. The number of aromatic nitrogens is 2. The topological polar surface area (TPSA) is 84.3 Å². The van der Waals surface area contributed by atoms with Crippen LogP contribution in [0.5, 0.6) is 0 Å². The molecule has 0 bridgehead atoms. The third-order valence-electron chi connectivity index (χ3n) is 3.79. The van der Waals surface area contributed by atoms with Gasteiger partial charge in [0.25, 0.3) is 0 Å². The molecule has 0 saturated heterocycles. The van der Waals surface area contributed by atoms with Crippen LogP contribution >= 0.6 is 0 Å². The number of hydrogen-bond acceptors (Lipinski definition) is 4. The Morgan fingerprint density at radius 3 is 2.78 bits per heavy atom. The Balaban J connectivity index is 1.89. The second kappa shape index (κ2) is 7.10. The lowest BCUT2D eigenvalue weighted by atomic mass is 10.2. The number of imidazole rings is 1. The number of carbonyl (C=O) groups excluding carboxylic acids is 1. The lowest BCUT2D eigenvalue weighted by Gasteiger charge is -2.16. The summed E-state index contributed by atoms with van der Waals surface area (Å²) in [6, 6.07) is 7.26.